The standard InChI is InChI=1S/C11H11.3ClH.Ti/c1-8-7-9(2)11-6-4-3-5-10(8)11;;;;/h3-7H,1-2H3;3*1H;/q-1;;;;. The Morgan fingerprint density at radius 2 is 1.53 bits per heavy atom. The molecule has 2 aromatic rings. The van der Waals surface area contributed by atoms with Crippen molar-refractivity contribution in [3.05, 3.63) is 41.5 Å². The van der Waals surface area contributed by atoms with Gasteiger partial charge in [-0.15, -0.1) is 77.8 Å². The van der Waals surface area contributed by atoms with Gasteiger partial charge in [-0.25, -0.2) is 0 Å². The van der Waals surface area contributed by atoms with Gasteiger partial charge >= 0.3 is 0 Å². The molecule has 0 aromatic heterocycles. The Morgan fingerprint density at radius 1 is 1.00 bits per heavy atom. The van der Waals surface area contributed by atoms with E-state index in [0.29, 0.717) is 0 Å². The van der Waals surface area contributed by atoms with E-state index in [1.54, 1.807) is 0 Å². The third-order valence-electron chi connectivity index (χ3n) is 2.21. The minimum absolute atomic E-state index is 0. The molecule has 0 atom stereocenters. The van der Waals surface area contributed by atoms with E-state index in [1.807, 2.05) is 0 Å². The van der Waals surface area contributed by atoms with Crippen molar-refractivity contribution in [3.8, 4) is 0 Å². The van der Waals surface area contributed by atoms with Crippen molar-refractivity contribution in [2.45, 2.75) is 13.8 Å². The van der Waals surface area contributed by atoms with Gasteiger partial charge in [-0.05, 0) is 0 Å². The van der Waals surface area contributed by atoms with Gasteiger partial charge in [-0.3, -0.25) is 0 Å². The Balaban J connectivity index is -0.000000360. The van der Waals surface area contributed by atoms with Gasteiger partial charge in [0.2, 0.25) is 0 Å². The molecule has 0 aliphatic heterocycles. The molecule has 0 nitrogen and oxygen atoms in total. The maximum Gasteiger partial charge on any atom is 0 e. The Morgan fingerprint density at radius 3 is 2.07 bits per heavy atom. The third-order valence-corrected chi connectivity index (χ3v) is 2.21. The summed E-state index contributed by atoms with van der Waals surface area (Å²) in [6, 6.07) is 10.8. The van der Waals surface area contributed by atoms with E-state index in [9.17, 15) is 0 Å². The predicted octanol–water partition coefficient (Wildman–Crippen LogP) is 4.44. The molecule has 2 rings (SSSR count). The molecule has 0 amide bonds. The average molecular weight is 300 g/mol. The van der Waals surface area contributed by atoms with Gasteiger partial charge in [0.25, 0.3) is 0 Å². The monoisotopic (exact) mass is 299 g/mol. The van der Waals surface area contributed by atoms with Crippen LogP contribution in [0.1, 0.15) is 11.1 Å². The molecule has 0 aliphatic rings. The van der Waals surface area contributed by atoms with Gasteiger partial charge in [0.05, 0.1) is 0 Å². The second kappa shape index (κ2) is 8.55. The molecule has 0 saturated carbocycles. The van der Waals surface area contributed by atoms with Crippen molar-refractivity contribution < 1.29 is 21.7 Å². The summed E-state index contributed by atoms with van der Waals surface area (Å²) in [5, 5.41) is 2.79. The van der Waals surface area contributed by atoms with Crippen LogP contribution >= 0.6 is 37.2 Å². The molecule has 84 valence electrons. The van der Waals surface area contributed by atoms with E-state index in [0.717, 1.165) is 0 Å². The first-order chi connectivity index (χ1) is 5.29. The van der Waals surface area contributed by atoms with Crippen LogP contribution in [0.3, 0.4) is 0 Å². The number of aryl methyl sites for hydroxylation is 2. The molecule has 0 fully saturated rings. The molecule has 0 radical (unpaired) electrons. The molecule has 0 bridgehead atoms. The average Bonchev–Trinajstić information content (AvgIpc) is 2.30. The van der Waals surface area contributed by atoms with Crippen LogP contribution in [0, 0.1) is 13.8 Å². The number of fused-ring (bicyclic) bond motifs is 1. The zero-order valence-corrected chi connectivity index (χ0v) is 12.6. The number of benzene rings is 1. The van der Waals surface area contributed by atoms with Crippen LogP contribution in [-0.4, -0.2) is 0 Å². The summed E-state index contributed by atoms with van der Waals surface area (Å²) in [6.45, 7) is 4.32. The fraction of sp³-hybridized carbons (Fsp3) is 0.182. The van der Waals surface area contributed by atoms with Crippen molar-refractivity contribution in [3.63, 3.8) is 0 Å². The van der Waals surface area contributed by atoms with Gasteiger partial charge in [0.15, 0.2) is 0 Å². The summed E-state index contributed by atoms with van der Waals surface area (Å²) in [7, 11) is 0. The summed E-state index contributed by atoms with van der Waals surface area (Å²) in [4.78, 5) is 0. The maximum absolute atomic E-state index is 2.24. The SMILES string of the molecule is Cc1c[c-](C)c2ccccc12.Cl.Cl.Cl.[Ti]. The fourth-order valence-electron chi connectivity index (χ4n) is 1.65. The third kappa shape index (κ3) is 4.05. The van der Waals surface area contributed by atoms with Gasteiger partial charge in [-0.1, -0.05) is 19.9 Å². The Bertz CT molecular complexity index is 360. The van der Waals surface area contributed by atoms with E-state index in [-0.39, 0.29) is 58.9 Å². The first-order valence-electron chi connectivity index (χ1n) is 3.90. The zero-order chi connectivity index (χ0) is 7.84. The van der Waals surface area contributed by atoms with Crippen LogP contribution in [-0.2, 0) is 21.7 Å². The quantitative estimate of drug-likeness (QED) is 0.498. The van der Waals surface area contributed by atoms with Gasteiger partial charge in [-0.2, -0.15) is 5.56 Å². The molecule has 4 heteroatoms. The smallest absolute Gasteiger partial charge is 0 e. The van der Waals surface area contributed by atoms with E-state index in [4.69, 9.17) is 0 Å². The van der Waals surface area contributed by atoms with Crippen LogP contribution in [0.25, 0.3) is 10.8 Å². The molecule has 0 aliphatic carbocycles. The summed E-state index contributed by atoms with van der Waals surface area (Å²) < 4.78 is 0. The zero-order valence-electron chi connectivity index (χ0n) is 8.61. The molecule has 0 N–H and O–H groups in total. The van der Waals surface area contributed by atoms with Crippen LogP contribution in [0.5, 0.6) is 0 Å². The Hall–Kier alpha value is 0.414. The van der Waals surface area contributed by atoms with Crippen LogP contribution < -0.4 is 0 Å². The van der Waals surface area contributed by atoms with E-state index < -0.39 is 0 Å². The van der Waals surface area contributed by atoms with Crippen molar-refractivity contribution in [1.29, 1.82) is 0 Å². The molecular formula is C11H14Cl3Ti-. The molecular weight excluding hydrogens is 286 g/mol. The number of hydrogen-bond donors (Lipinski definition) is 0. The largest absolute Gasteiger partial charge is 0.156 e. The molecule has 15 heavy (non-hydrogen) atoms. The number of hydrogen-bond acceptors (Lipinski definition) is 0. The fourth-order valence-corrected chi connectivity index (χ4v) is 1.65. The van der Waals surface area contributed by atoms with Crippen molar-refractivity contribution in [2.24, 2.45) is 0 Å². The van der Waals surface area contributed by atoms with E-state index in [2.05, 4.69) is 44.2 Å². The van der Waals surface area contributed by atoms with Crippen LogP contribution in [0.4, 0.5) is 0 Å². The van der Waals surface area contributed by atoms with E-state index >= 15 is 0 Å². The Kier molecular flexibility index (Phi) is 11.8. The summed E-state index contributed by atoms with van der Waals surface area (Å²) in [6.07, 6.45) is 0. The molecule has 0 spiro atoms. The van der Waals surface area contributed by atoms with Crippen molar-refractivity contribution in [1.82, 2.24) is 0 Å². The Labute approximate surface area is 124 Å². The molecule has 2 aromatic carbocycles. The molecule has 0 unspecified atom stereocenters. The second-order valence-electron chi connectivity index (χ2n) is 3.06. The molecule has 0 heterocycles. The van der Waals surface area contributed by atoms with Crippen molar-refractivity contribution >= 4 is 48.0 Å². The van der Waals surface area contributed by atoms with Crippen molar-refractivity contribution in [2.75, 3.05) is 0 Å². The summed E-state index contributed by atoms with van der Waals surface area (Å²) in [5.74, 6) is 0. The number of rotatable bonds is 0. The van der Waals surface area contributed by atoms with Gasteiger partial charge < -0.3 is 0 Å². The topological polar surface area (TPSA) is 0 Å². The molecule has 0 saturated heterocycles. The second-order valence-corrected chi connectivity index (χ2v) is 3.06. The maximum atomic E-state index is 2.24. The first kappa shape index (κ1) is 20.8. The number of halogens is 3. The van der Waals surface area contributed by atoms with Gasteiger partial charge in [0.1, 0.15) is 0 Å². The minimum atomic E-state index is 0. The first-order valence-corrected chi connectivity index (χ1v) is 3.90. The van der Waals surface area contributed by atoms with E-state index in [1.165, 1.54) is 21.9 Å². The summed E-state index contributed by atoms with van der Waals surface area (Å²) in [5.41, 5.74) is 2.77. The predicted molar refractivity (Wildman–Crippen MR) is 70.8 cm³/mol. The van der Waals surface area contributed by atoms with Gasteiger partial charge in [0, 0.05) is 21.7 Å². The minimum Gasteiger partial charge on any atom is -0.156 e. The van der Waals surface area contributed by atoms with Crippen LogP contribution in [0.2, 0.25) is 0 Å². The van der Waals surface area contributed by atoms with Crippen LogP contribution in [0.15, 0.2) is 30.3 Å². The normalized spacial score (nSPS) is 7.87. The summed E-state index contributed by atoms with van der Waals surface area (Å²) >= 11 is 0.